The van der Waals surface area contributed by atoms with Gasteiger partial charge < -0.3 is 10.6 Å². The number of anilines is 2. The smallest absolute Gasteiger partial charge is 0.0396 e. The van der Waals surface area contributed by atoms with E-state index in [9.17, 15) is 0 Å². The quantitative estimate of drug-likeness (QED) is 0.815. The maximum atomic E-state index is 5.80. The van der Waals surface area contributed by atoms with Crippen LogP contribution in [0.1, 0.15) is 11.1 Å². The fourth-order valence-corrected chi connectivity index (χ4v) is 2.02. The molecular weight excluding hydrogens is 208 g/mol. The van der Waals surface area contributed by atoms with Gasteiger partial charge in [-0.2, -0.15) is 0 Å². The first-order chi connectivity index (χ1) is 8.16. The van der Waals surface area contributed by atoms with Gasteiger partial charge in [0.25, 0.3) is 0 Å². The van der Waals surface area contributed by atoms with Gasteiger partial charge in [-0.05, 0) is 35.7 Å². The Morgan fingerprint density at radius 3 is 2.47 bits per heavy atom. The molecule has 0 saturated carbocycles. The highest BCUT2D eigenvalue weighted by Crippen LogP contribution is 2.21. The summed E-state index contributed by atoms with van der Waals surface area (Å²) in [6.45, 7) is 0. The Morgan fingerprint density at radius 2 is 1.76 bits per heavy atom. The Bertz CT molecular complexity index is 504. The highest BCUT2D eigenvalue weighted by Gasteiger charge is 2.04. The van der Waals surface area contributed by atoms with E-state index >= 15 is 0 Å². The van der Waals surface area contributed by atoms with Gasteiger partial charge in [0.05, 0.1) is 0 Å². The largest absolute Gasteiger partial charge is 0.399 e. The molecule has 0 spiro atoms. The standard InChI is InChI=1S/C15H18N2/c1-17(2)15-9-4-3-7-13(15)10-12-6-5-8-14(16)11-12/h3-9,11H,10,16H2,1-2H3. The lowest BCUT2D eigenvalue weighted by molar-refractivity contribution is 1.08. The summed E-state index contributed by atoms with van der Waals surface area (Å²) in [4.78, 5) is 2.14. The monoisotopic (exact) mass is 226 g/mol. The second-order valence-corrected chi connectivity index (χ2v) is 4.44. The first kappa shape index (κ1) is 11.5. The van der Waals surface area contributed by atoms with Crippen molar-refractivity contribution in [2.75, 3.05) is 24.7 Å². The van der Waals surface area contributed by atoms with Crippen molar-refractivity contribution < 1.29 is 0 Å². The van der Waals surface area contributed by atoms with Crippen LogP contribution in [0.4, 0.5) is 11.4 Å². The van der Waals surface area contributed by atoms with Gasteiger partial charge in [0.15, 0.2) is 0 Å². The number of nitrogens with two attached hydrogens (primary N) is 1. The summed E-state index contributed by atoms with van der Waals surface area (Å²) in [6, 6.07) is 16.5. The van der Waals surface area contributed by atoms with E-state index in [0.717, 1.165) is 12.1 Å². The molecule has 2 nitrogen and oxygen atoms in total. The number of para-hydroxylation sites is 1. The minimum atomic E-state index is 0.824. The molecular formula is C15H18N2. The predicted octanol–water partition coefficient (Wildman–Crippen LogP) is 2.93. The van der Waals surface area contributed by atoms with Gasteiger partial charge in [-0.15, -0.1) is 0 Å². The SMILES string of the molecule is CN(C)c1ccccc1Cc1cccc(N)c1. The fourth-order valence-electron chi connectivity index (χ4n) is 2.02. The third-order valence-electron chi connectivity index (χ3n) is 2.82. The molecule has 2 aromatic carbocycles. The molecule has 0 saturated heterocycles. The molecule has 2 rings (SSSR count). The maximum absolute atomic E-state index is 5.80. The summed E-state index contributed by atoms with van der Waals surface area (Å²) in [7, 11) is 4.14. The highest BCUT2D eigenvalue weighted by atomic mass is 15.1. The van der Waals surface area contributed by atoms with E-state index in [4.69, 9.17) is 5.73 Å². The summed E-state index contributed by atoms with van der Waals surface area (Å²) in [6.07, 6.45) is 0.916. The minimum absolute atomic E-state index is 0.824. The summed E-state index contributed by atoms with van der Waals surface area (Å²) in [5.74, 6) is 0. The van der Waals surface area contributed by atoms with Crippen molar-refractivity contribution in [3.8, 4) is 0 Å². The van der Waals surface area contributed by atoms with Crippen molar-refractivity contribution in [1.29, 1.82) is 0 Å². The lowest BCUT2D eigenvalue weighted by Gasteiger charge is -2.17. The zero-order valence-electron chi connectivity index (χ0n) is 10.4. The molecule has 88 valence electrons. The van der Waals surface area contributed by atoms with E-state index < -0.39 is 0 Å². The van der Waals surface area contributed by atoms with Crippen LogP contribution in [0.25, 0.3) is 0 Å². The molecule has 0 unspecified atom stereocenters. The van der Waals surface area contributed by atoms with Crippen molar-refractivity contribution in [3.63, 3.8) is 0 Å². The number of rotatable bonds is 3. The number of hydrogen-bond acceptors (Lipinski definition) is 2. The van der Waals surface area contributed by atoms with E-state index in [1.165, 1.54) is 16.8 Å². The molecule has 0 amide bonds. The van der Waals surface area contributed by atoms with Gasteiger partial charge in [-0.25, -0.2) is 0 Å². The molecule has 17 heavy (non-hydrogen) atoms. The van der Waals surface area contributed by atoms with Gasteiger partial charge in [-0.3, -0.25) is 0 Å². The Kier molecular flexibility index (Phi) is 3.33. The zero-order chi connectivity index (χ0) is 12.3. The summed E-state index contributed by atoms with van der Waals surface area (Å²) < 4.78 is 0. The Labute approximate surface area is 103 Å². The molecule has 0 aliphatic rings. The third kappa shape index (κ3) is 2.78. The summed E-state index contributed by atoms with van der Waals surface area (Å²) in [5, 5.41) is 0. The molecule has 0 aromatic heterocycles. The second-order valence-electron chi connectivity index (χ2n) is 4.44. The Hall–Kier alpha value is -1.96. The topological polar surface area (TPSA) is 29.3 Å². The van der Waals surface area contributed by atoms with Crippen molar-refractivity contribution in [3.05, 3.63) is 59.7 Å². The number of nitrogen functional groups attached to an aromatic ring is 1. The van der Waals surface area contributed by atoms with E-state index in [0.29, 0.717) is 0 Å². The molecule has 0 radical (unpaired) electrons. The van der Waals surface area contributed by atoms with Gasteiger partial charge in [0.1, 0.15) is 0 Å². The van der Waals surface area contributed by atoms with E-state index in [1.807, 2.05) is 18.2 Å². The van der Waals surface area contributed by atoms with Gasteiger partial charge >= 0.3 is 0 Å². The first-order valence-corrected chi connectivity index (χ1v) is 5.76. The summed E-state index contributed by atoms with van der Waals surface area (Å²) >= 11 is 0. The fraction of sp³-hybridized carbons (Fsp3) is 0.200. The van der Waals surface area contributed by atoms with Gasteiger partial charge in [0.2, 0.25) is 0 Å². The van der Waals surface area contributed by atoms with Crippen molar-refractivity contribution >= 4 is 11.4 Å². The van der Waals surface area contributed by atoms with Crippen LogP contribution in [0.15, 0.2) is 48.5 Å². The Balaban J connectivity index is 2.30. The zero-order valence-corrected chi connectivity index (χ0v) is 10.4. The molecule has 2 N–H and O–H groups in total. The van der Waals surface area contributed by atoms with Gasteiger partial charge in [0, 0.05) is 25.5 Å². The van der Waals surface area contributed by atoms with Crippen LogP contribution in [0, 0.1) is 0 Å². The normalized spacial score (nSPS) is 10.2. The number of benzene rings is 2. The van der Waals surface area contributed by atoms with Crippen molar-refractivity contribution in [2.24, 2.45) is 0 Å². The van der Waals surface area contributed by atoms with Crippen LogP contribution < -0.4 is 10.6 Å². The lowest BCUT2D eigenvalue weighted by Crippen LogP contribution is -2.11. The van der Waals surface area contributed by atoms with Crippen LogP contribution in [-0.4, -0.2) is 14.1 Å². The van der Waals surface area contributed by atoms with Crippen LogP contribution in [0.3, 0.4) is 0 Å². The third-order valence-corrected chi connectivity index (χ3v) is 2.82. The summed E-state index contributed by atoms with van der Waals surface area (Å²) in [5.41, 5.74) is 10.5. The maximum Gasteiger partial charge on any atom is 0.0396 e. The molecule has 2 aromatic rings. The van der Waals surface area contributed by atoms with E-state index in [-0.39, 0.29) is 0 Å². The van der Waals surface area contributed by atoms with Crippen LogP contribution >= 0.6 is 0 Å². The van der Waals surface area contributed by atoms with Crippen LogP contribution in [0.5, 0.6) is 0 Å². The Morgan fingerprint density at radius 1 is 1.00 bits per heavy atom. The lowest BCUT2D eigenvalue weighted by atomic mass is 10.0. The molecule has 0 fully saturated rings. The molecule has 0 aliphatic carbocycles. The van der Waals surface area contributed by atoms with Gasteiger partial charge in [-0.1, -0.05) is 30.3 Å². The van der Waals surface area contributed by atoms with E-state index in [1.54, 1.807) is 0 Å². The molecule has 0 heterocycles. The van der Waals surface area contributed by atoms with Crippen LogP contribution in [-0.2, 0) is 6.42 Å². The average Bonchev–Trinajstić information content (AvgIpc) is 2.29. The molecule has 0 atom stereocenters. The predicted molar refractivity (Wildman–Crippen MR) is 74.4 cm³/mol. The van der Waals surface area contributed by atoms with Crippen molar-refractivity contribution in [2.45, 2.75) is 6.42 Å². The first-order valence-electron chi connectivity index (χ1n) is 5.76. The minimum Gasteiger partial charge on any atom is -0.399 e. The molecule has 0 bridgehead atoms. The highest BCUT2D eigenvalue weighted by molar-refractivity contribution is 5.54. The number of hydrogen-bond donors (Lipinski definition) is 1. The van der Waals surface area contributed by atoms with Crippen LogP contribution in [0.2, 0.25) is 0 Å². The van der Waals surface area contributed by atoms with E-state index in [2.05, 4.69) is 49.3 Å². The average molecular weight is 226 g/mol. The second kappa shape index (κ2) is 4.91. The molecule has 0 aliphatic heterocycles. The number of nitrogens with zero attached hydrogens (tertiary/aromatic N) is 1. The molecule has 2 heteroatoms. The van der Waals surface area contributed by atoms with Crippen molar-refractivity contribution in [1.82, 2.24) is 0 Å².